The van der Waals surface area contributed by atoms with Gasteiger partial charge in [0, 0.05) is 42.3 Å². The Labute approximate surface area is 162 Å². The second-order valence-electron chi connectivity index (χ2n) is 6.47. The topological polar surface area (TPSA) is 75.9 Å². The molecule has 1 aliphatic rings. The molecule has 0 spiro atoms. The van der Waals surface area contributed by atoms with E-state index in [1.165, 1.54) is 6.33 Å². The van der Waals surface area contributed by atoms with E-state index in [9.17, 15) is 4.79 Å². The van der Waals surface area contributed by atoms with Crippen LogP contribution in [0.1, 0.15) is 12.8 Å². The van der Waals surface area contributed by atoms with Crippen molar-refractivity contribution in [1.29, 1.82) is 0 Å². The average molecular weight is 383 g/mol. The minimum absolute atomic E-state index is 0.0170. The molecule has 1 fully saturated rings. The summed E-state index contributed by atoms with van der Waals surface area (Å²) in [6.45, 7) is 1.48. The number of rotatable bonds is 4. The van der Waals surface area contributed by atoms with E-state index < -0.39 is 0 Å². The number of halogens is 1. The summed E-state index contributed by atoms with van der Waals surface area (Å²) in [7, 11) is 0. The molecule has 0 saturated carbocycles. The van der Waals surface area contributed by atoms with Gasteiger partial charge in [-0.2, -0.15) is 5.10 Å². The molecule has 1 saturated heterocycles. The molecular weight excluding hydrogens is 364 g/mol. The summed E-state index contributed by atoms with van der Waals surface area (Å²) < 4.78 is 1.69. The Morgan fingerprint density at radius 2 is 2.00 bits per heavy atom. The van der Waals surface area contributed by atoms with Gasteiger partial charge in [0.15, 0.2) is 5.82 Å². The SMILES string of the molecule is O=C(Nc1ccc(Cl)cc1)C1CCCN(c2cc(-n3cccn3)ncn2)C1. The van der Waals surface area contributed by atoms with Crippen LogP contribution in [-0.4, -0.2) is 38.7 Å². The predicted molar refractivity (Wildman–Crippen MR) is 104 cm³/mol. The van der Waals surface area contributed by atoms with E-state index in [1.807, 2.05) is 30.5 Å². The molecule has 1 aliphatic heterocycles. The first-order chi connectivity index (χ1) is 13.2. The number of carbonyl (C=O) groups is 1. The van der Waals surface area contributed by atoms with E-state index in [0.717, 1.165) is 30.9 Å². The van der Waals surface area contributed by atoms with Crippen LogP contribution in [0.15, 0.2) is 55.1 Å². The van der Waals surface area contributed by atoms with Crippen molar-refractivity contribution in [2.45, 2.75) is 12.8 Å². The Morgan fingerprint density at radius 3 is 2.78 bits per heavy atom. The minimum Gasteiger partial charge on any atom is -0.356 e. The Morgan fingerprint density at radius 1 is 1.19 bits per heavy atom. The van der Waals surface area contributed by atoms with Crippen molar-refractivity contribution in [3.05, 3.63) is 60.1 Å². The molecule has 1 atom stereocenters. The second-order valence-corrected chi connectivity index (χ2v) is 6.90. The van der Waals surface area contributed by atoms with Crippen LogP contribution in [0.3, 0.4) is 0 Å². The summed E-state index contributed by atoms with van der Waals surface area (Å²) >= 11 is 5.90. The largest absolute Gasteiger partial charge is 0.356 e. The van der Waals surface area contributed by atoms with Crippen LogP contribution in [0.2, 0.25) is 5.02 Å². The number of nitrogens with zero attached hydrogens (tertiary/aromatic N) is 5. The van der Waals surface area contributed by atoms with Crippen LogP contribution >= 0.6 is 11.6 Å². The van der Waals surface area contributed by atoms with E-state index >= 15 is 0 Å². The molecule has 3 aromatic rings. The number of benzene rings is 1. The quantitative estimate of drug-likeness (QED) is 0.750. The summed E-state index contributed by atoms with van der Waals surface area (Å²) in [5.74, 6) is 1.43. The van der Waals surface area contributed by atoms with Gasteiger partial charge >= 0.3 is 0 Å². The van der Waals surface area contributed by atoms with Gasteiger partial charge < -0.3 is 10.2 Å². The lowest BCUT2D eigenvalue weighted by Gasteiger charge is -2.32. The molecule has 1 aromatic carbocycles. The zero-order chi connectivity index (χ0) is 18.6. The van der Waals surface area contributed by atoms with Crippen molar-refractivity contribution in [3.63, 3.8) is 0 Å². The van der Waals surface area contributed by atoms with Gasteiger partial charge in [-0.05, 0) is 43.2 Å². The smallest absolute Gasteiger partial charge is 0.229 e. The molecule has 8 heteroatoms. The molecule has 2 aromatic heterocycles. The van der Waals surface area contributed by atoms with Crippen LogP contribution in [0.5, 0.6) is 0 Å². The molecule has 138 valence electrons. The van der Waals surface area contributed by atoms with Crippen LogP contribution in [0, 0.1) is 5.92 Å². The molecule has 7 nitrogen and oxygen atoms in total. The third kappa shape index (κ3) is 4.09. The number of amides is 1. The molecule has 1 unspecified atom stereocenters. The lowest BCUT2D eigenvalue weighted by atomic mass is 9.97. The monoisotopic (exact) mass is 382 g/mol. The van der Waals surface area contributed by atoms with Gasteiger partial charge in [-0.3, -0.25) is 4.79 Å². The number of aromatic nitrogens is 4. The highest BCUT2D eigenvalue weighted by molar-refractivity contribution is 6.30. The van der Waals surface area contributed by atoms with Gasteiger partial charge in [0.2, 0.25) is 5.91 Å². The lowest BCUT2D eigenvalue weighted by Crippen LogP contribution is -2.41. The molecule has 0 bridgehead atoms. The molecule has 0 aliphatic carbocycles. The van der Waals surface area contributed by atoms with Gasteiger partial charge in [0.25, 0.3) is 0 Å². The van der Waals surface area contributed by atoms with Crippen molar-refractivity contribution in [1.82, 2.24) is 19.7 Å². The van der Waals surface area contributed by atoms with Crippen LogP contribution in [-0.2, 0) is 4.79 Å². The Bertz CT molecular complexity index is 912. The van der Waals surface area contributed by atoms with Gasteiger partial charge in [-0.15, -0.1) is 0 Å². The van der Waals surface area contributed by atoms with Crippen molar-refractivity contribution in [2.75, 3.05) is 23.3 Å². The Kier molecular flexibility index (Phi) is 5.02. The highest BCUT2D eigenvalue weighted by Crippen LogP contribution is 2.24. The number of nitrogens with one attached hydrogen (secondary N) is 1. The number of hydrogen-bond donors (Lipinski definition) is 1. The summed E-state index contributed by atoms with van der Waals surface area (Å²) in [6.07, 6.45) is 6.86. The summed E-state index contributed by atoms with van der Waals surface area (Å²) in [5, 5.41) is 7.82. The van der Waals surface area contributed by atoms with Crippen molar-refractivity contribution in [3.8, 4) is 5.82 Å². The molecule has 0 radical (unpaired) electrons. The lowest BCUT2D eigenvalue weighted by molar-refractivity contribution is -0.120. The molecule has 1 N–H and O–H groups in total. The van der Waals surface area contributed by atoms with E-state index in [2.05, 4.69) is 25.3 Å². The fourth-order valence-corrected chi connectivity index (χ4v) is 3.34. The zero-order valence-electron chi connectivity index (χ0n) is 14.6. The van der Waals surface area contributed by atoms with Gasteiger partial charge in [0.1, 0.15) is 12.1 Å². The third-order valence-corrected chi connectivity index (χ3v) is 4.86. The summed E-state index contributed by atoms with van der Waals surface area (Å²) in [4.78, 5) is 23.4. The van der Waals surface area contributed by atoms with Gasteiger partial charge in [-0.25, -0.2) is 14.6 Å². The highest BCUT2D eigenvalue weighted by atomic mass is 35.5. The summed E-state index contributed by atoms with van der Waals surface area (Å²) in [5.41, 5.74) is 0.754. The van der Waals surface area contributed by atoms with Crippen LogP contribution in [0.4, 0.5) is 11.5 Å². The number of carbonyl (C=O) groups excluding carboxylic acids is 1. The maximum absolute atomic E-state index is 12.7. The summed E-state index contributed by atoms with van der Waals surface area (Å²) in [6, 6.07) is 10.9. The third-order valence-electron chi connectivity index (χ3n) is 4.61. The van der Waals surface area contributed by atoms with E-state index in [4.69, 9.17) is 11.6 Å². The zero-order valence-corrected chi connectivity index (χ0v) is 15.4. The number of piperidine rings is 1. The first-order valence-corrected chi connectivity index (χ1v) is 9.20. The van der Waals surface area contributed by atoms with E-state index in [-0.39, 0.29) is 11.8 Å². The minimum atomic E-state index is -0.0995. The molecule has 4 rings (SSSR count). The first-order valence-electron chi connectivity index (χ1n) is 8.82. The fraction of sp³-hybridized carbons (Fsp3) is 0.263. The number of anilines is 2. The molecule has 3 heterocycles. The maximum atomic E-state index is 12.7. The van der Waals surface area contributed by atoms with Gasteiger partial charge in [-0.1, -0.05) is 11.6 Å². The van der Waals surface area contributed by atoms with Gasteiger partial charge in [0.05, 0.1) is 5.92 Å². The first kappa shape index (κ1) is 17.5. The van der Waals surface area contributed by atoms with Crippen molar-refractivity contribution < 1.29 is 4.79 Å². The standard InChI is InChI=1S/C19H19ClN6O/c20-15-4-6-16(7-5-15)24-19(27)14-3-1-9-25(12-14)17-11-18(22-13-21-17)26-10-2-8-23-26/h2,4-8,10-11,13-14H,1,3,9,12H2,(H,24,27). The average Bonchev–Trinajstić information content (AvgIpc) is 3.25. The van der Waals surface area contributed by atoms with E-state index in [0.29, 0.717) is 17.4 Å². The highest BCUT2D eigenvalue weighted by Gasteiger charge is 2.27. The number of hydrogen-bond acceptors (Lipinski definition) is 5. The maximum Gasteiger partial charge on any atom is 0.229 e. The van der Waals surface area contributed by atoms with Crippen LogP contribution < -0.4 is 10.2 Å². The predicted octanol–water partition coefficient (Wildman–Crippen LogP) is 3.17. The van der Waals surface area contributed by atoms with E-state index in [1.54, 1.807) is 23.0 Å². The normalized spacial score (nSPS) is 16.9. The molecule has 27 heavy (non-hydrogen) atoms. The van der Waals surface area contributed by atoms with Crippen molar-refractivity contribution >= 4 is 29.0 Å². The fourth-order valence-electron chi connectivity index (χ4n) is 3.22. The Hall–Kier alpha value is -2.93. The van der Waals surface area contributed by atoms with Crippen molar-refractivity contribution in [2.24, 2.45) is 5.92 Å². The molecular formula is C19H19ClN6O. The second kappa shape index (κ2) is 7.75. The van der Waals surface area contributed by atoms with Crippen LogP contribution in [0.25, 0.3) is 5.82 Å². The molecule has 1 amide bonds. The Balaban J connectivity index is 1.45.